The van der Waals surface area contributed by atoms with Gasteiger partial charge >= 0.3 is 5.97 Å². The van der Waals surface area contributed by atoms with E-state index in [1.807, 2.05) is 17.5 Å². The molecule has 0 aliphatic rings. The van der Waals surface area contributed by atoms with Crippen molar-refractivity contribution in [2.75, 3.05) is 13.7 Å². The molecular weight excluding hydrogens is 254 g/mol. The Morgan fingerprint density at radius 2 is 2.39 bits per heavy atom. The van der Waals surface area contributed by atoms with E-state index >= 15 is 0 Å². The van der Waals surface area contributed by atoms with Crippen LogP contribution in [0, 0.1) is 0 Å². The van der Waals surface area contributed by atoms with Crippen molar-refractivity contribution in [2.45, 2.75) is 12.5 Å². The summed E-state index contributed by atoms with van der Waals surface area (Å²) in [5.41, 5.74) is 0. The first-order valence-corrected chi connectivity index (χ1v) is 6.25. The highest BCUT2D eigenvalue weighted by molar-refractivity contribution is 7.10. The van der Waals surface area contributed by atoms with Crippen LogP contribution in [0.5, 0.6) is 0 Å². The van der Waals surface area contributed by atoms with E-state index in [4.69, 9.17) is 9.84 Å². The highest BCUT2D eigenvalue weighted by atomic mass is 32.1. The second kappa shape index (κ2) is 7.62. The maximum atomic E-state index is 11.5. The number of carboxylic acids is 1. The Morgan fingerprint density at radius 3 is 2.94 bits per heavy atom. The Morgan fingerprint density at radius 1 is 1.61 bits per heavy atom. The smallest absolute Gasteiger partial charge is 0.326 e. The lowest BCUT2D eigenvalue weighted by Gasteiger charge is -2.12. The molecule has 0 spiro atoms. The number of hydrogen-bond donors (Lipinski definition) is 2. The number of amides is 1. The molecule has 0 bridgehead atoms. The van der Waals surface area contributed by atoms with Crippen LogP contribution < -0.4 is 5.32 Å². The summed E-state index contributed by atoms with van der Waals surface area (Å²) in [6, 6.07) is 2.82. The number of carbonyl (C=O) groups excluding carboxylic acids is 1. The minimum absolute atomic E-state index is 0.240. The molecule has 1 unspecified atom stereocenters. The van der Waals surface area contributed by atoms with Crippen LogP contribution in [0.2, 0.25) is 0 Å². The van der Waals surface area contributed by atoms with Crippen LogP contribution in [-0.2, 0) is 14.3 Å². The lowest BCUT2D eigenvalue weighted by Crippen LogP contribution is -2.40. The van der Waals surface area contributed by atoms with Crippen LogP contribution in [0.15, 0.2) is 23.6 Å². The number of ether oxygens (including phenoxy) is 1. The van der Waals surface area contributed by atoms with Gasteiger partial charge in [-0.15, -0.1) is 11.3 Å². The van der Waals surface area contributed by atoms with Gasteiger partial charge in [-0.05, 0) is 17.5 Å². The van der Waals surface area contributed by atoms with Gasteiger partial charge in [0.1, 0.15) is 6.04 Å². The molecule has 98 valence electrons. The number of thiophene rings is 1. The molecule has 0 aromatic carbocycles. The maximum absolute atomic E-state index is 11.5. The van der Waals surface area contributed by atoms with Crippen molar-refractivity contribution >= 4 is 29.3 Å². The second-order valence-electron chi connectivity index (χ2n) is 3.53. The zero-order valence-electron chi connectivity index (χ0n) is 9.96. The molecule has 1 atom stereocenters. The molecule has 1 heterocycles. The molecule has 0 aliphatic heterocycles. The Labute approximate surface area is 109 Å². The zero-order valence-corrected chi connectivity index (χ0v) is 10.8. The van der Waals surface area contributed by atoms with Crippen molar-refractivity contribution in [3.05, 3.63) is 28.5 Å². The zero-order chi connectivity index (χ0) is 13.4. The summed E-state index contributed by atoms with van der Waals surface area (Å²) in [6.07, 6.45) is 3.22. The monoisotopic (exact) mass is 269 g/mol. The highest BCUT2D eigenvalue weighted by Gasteiger charge is 2.18. The molecule has 0 fully saturated rings. The molecule has 0 aliphatic carbocycles. The van der Waals surface area contributed by atoms with Crippen LogP contribution in [0.3, 0.4) is 0 Å². The minimum Gasteiger partial charge on any atom is -0.480 e. The summed E-state index contributed by atoms with van der Waals surface area (Å²) < 4.78 is 4.79. The molecule has 0 saturated carbocycles. The van der Waals surface area contributed by atoms with Crippen LogP contribution in [0.25, 0.3) is 6.08 Å². The Kier molecular flexibility index (Phi) is 6.10. The van der Waals surface area contributed by atoms with E-state index in [2.05, 4.69) is 5.32 Å². The summed E-state index contributed by atoms with van der Waals surface area (Å²) in [6.45, 7) is 0.284. The van der Waals surface area contributed by atoms with E-state index in [-0.39, 0.29) is 13.0 Å². The maximum Gasteiger partial charge on any atom is 0.326 e. The van der Waals surface area contributed by atoms with Gasteiger partial charge in [0, 0.05) is 31.1 Å². The SMILES string of the molecule is COCCC(NC(=O)C=Cc1cccs1)C(=O)O. The van der Waals surface area contributed by atoms with Crippen molar-refractivity contribution in [2.24, 2.45) is 0 Å². The molecule has 18 heavy (non-hydrogen) atoms. The van der Waals surface area contributed by atoms with E-state index in [1.54, 1.807) is 6.08 Å². The predicted molar refractivity (Wildman–Crippen MR) is 69.4 cm³/mol. The number of hydrogen-bond acceptors (Lipinski definition) is 4. The normalized spacial score (nSPS) is 12.5. The van der Waals surface area contributed by atoms with Gasteiger partial charge in [-0.3, -0.25) is 4.79 Å². The van der Waals surface area contributed by atoms with Gasteiger partial charge < -0.3 is 15.2 Å². The standard InChI is InChI=1S/C12H15NO4S/c1-17-7-6-10(12(15)16)13-11(14)5-4-9-3-2-8-18-9/h2-5,8,10H,6-7H2,1H3,(H,13,14)(H,15,16). The van der Waals surface area contributed by atoms with E-state index in [0.717, 1.165) is 4.88 Å². The number of aliphatic carboxylic acids is 1. The highest BCUT2D eigenvalue weighted by Crippen LogP contribution is 2.09. The Hall–Kier alpha value is -1.66. The Bertz CT molecular complexity index is 414. The lowest BCUT2D eigenvalue weighted by atomic mass is 10.2. The van der Waals surface area contributed by atoms with E-state index < -0.39 is 17.9 Å². The van der Waals surface area contributed by atoms with E-state index in [0.29, 0.717) is 0 Å². The molecule has 6 heteroatoms. The number of carbonyl (C=O) groups is 2. The number of carboxylic acid groups (broad SMARTS) is 1. The fraction of sp³-hybridized carbons (Fsp3) is 0.333. The molecule has 1 aromatic rings. The third kappa shape index (κ3) is 5.11. The summed E-state index contributed by atoms with van der Waals surface area (Å²) in [7, 11) is 1.48. The molecular formula is C12H15NO4S. The molecule has 0 radical (unpaired) electrons. The lowest BCUT2D eigenvalue weighted by molar-refractivity contribution is -0.141. The molecule has 5 nitrogen and oxygen atoms in total. The summed E-state index contributed by atoms with van der Waals surface area (Å²) in [5.74, 6) is -1.49. The fourth-order valence-corrected chi connectivity index (χ4v) is 1.87. The van der Waals surface area contributed by atoms with Crippen molar-refractivity contribution in [3.63, 3.8) is 0 Å². The number of rotatable bonds is 7. The summed E-state index contributed by atoms with van der Waals surface area (Å²) in [4.78, 5) is 23.3. The molecule has 2 N–H and O–H groups in total. The predicted octanol–water partition coefficient (Wildman–Crippen LogP) is 1.37. The van der Waals surface area contributed by atoms with Gasteiger partial charge in [0.15, 0.2) is 0 Å². The molecule has 1 amide bonds. The van der Waals surface area contributed by atoms with Crippen LogP contribution in [-0.4, -0.2) is 36.7 Å². The third-order valence-electron chi connectivity index (χ3n) is 2.17. The fourth-order valence-electron chi connectivity index (χ4n) is 1.26. The van der Waals surface area contributed by atoms with Crippen molar-refractivity contribution in [1.29, 1.82) is 0 Å². The molecule has 1 aromatic heterocycles. The van der Waals surface area contributed by atoms with Gasteiger partial charge in [0.05, 0.1) is 0 Å². The van der Waals surface area contributed by atoms with Gasteiger partial charge in [-0.1, -0.05) is 6.07 Å². The molecule has 1 rings (SSSR count). The first-order chi connectivity index (χ1) is 8.63. The third-order valence-corrected chi connectivity index (χ3v) is 3.00. The van der Waals surface area contributed by atoms with Crippen molar-refractivity contribution in [1.82, 2.24) is 5.32 Å². The van der Waals surface area contributed by atoms with Gasteiger partial charge in [0.25, 0.3) is 0 Å². The van der Waals surface area contributed by atoms with E-state index in [1.165, 1.54) is 24.5 Å². The summed E-state index contributed by atoms with van der Waals surface area (Å²) in [5, 5.41) is 13.2. The average Bonchev–Trinajstić information content (AvgIpc) is 2.84. The van der Waals surface area contributed by atoms with Gasteiger partial charge in [-0.2, -0.15) is 0 Å². The first-order valence-electron chi connectivity index (χ1n) is 5.37. The first kappa shape index (κ1) is 14.4. The Balaban J connectivity index is 2.48. The minimum atomic E-state index is -1.06. The quantitative estimate of drug-likeness (QED) is 0.733. The summed E-state index contributed by atoms with van der Waals surface area (Å²) >= 11 is 1.50. The largest absolute Gasteiger partial charge is 0.480 e. The number of nitrogens with one attached hydrogen (secondary N) is 1. The van der Waals surface area contributed by atoms with E-state index in [9.17, 15) is 9.59 Å². The van der Waals surface area contributed by atoms with Crippen molar-refractivity contribution < 1.29 is 19.4 Å². The van der Waals surface area contributed by atoms with Crippen molar-refractivity contribution in [3.8, 4) is 0 Å². The second-order valence-corrected chi connectivity index (χ2v) is 4.51. The molecule has 0 saturated heterocycles. The average molecular weight is 269 g/mol. The van der Waals surface area contributed by atoms with Crippen LogP contribution >= 0.6 is 11.3 Å². The van der Waals surface area contributed by atoms with Gasteiger partial charge in [0.2, 0.25) is 5.91 Å². The van der Waals surface area contributed by atoms with Crippen LogP contribution in [0.1, 0.15) is 11.3 Å². The van der Waals surface area contributed by atoms with Gasteiger partial charge in [-0.25, -0.2) is 4.79 Å². The van der Waals surface area contributed by atoms with Crippen LogP contribution in [0.4, 0.5) is 0 Å². The number of methoxy groups -OCH3 is 1. The topological polar surface area (TPSA) is 75.6 Å².